The van der Waals surface area contributed by atoms with Crippen LogP contribution in [0.15, 0.2) is 18.2 Å². The zero-order valence-corrected chi connectivity index (χ0v) is 11.0. The van der Waals surface area contributed by atoms with Gasteiger partial charge < -0.3 is 11.1 Å². The van der Waals surface area contributed by atoms with E-state index in [4.69, 9.17) is 5.73 Å². The van der Waals surface area contributed by atoms with Crippen LogP contribution in [0.25, 0.3) is 0 Å². The van der Waals surface area contributed by atoms with E-state index in [2.05, 4.69) is 11.4 Å². The molecule has 1 aromatic carbocycles. The van der Waals surface area contributed by atoms with Crippen molar-refractivity contribution in [3.63, 3.8) is 0 Å². The van der Waals surface area contributed by atoms with Gasteiger partial charge in [-0.25, -0.2) is 0 Å². The van der Waals surface area contributed by atoms with Crippen LogP contribution in [0.1, 0.15) is 37.3 Å². The molecule has 0 saturated heterocycles. The second-order valence-electron chi connectivity index (χ2n) is 4.98. The fourth-order valence-electron chi connectivity index (χ4n) is 2.59. The molecule has 1 aromatic rings. The van der Waals surface area contributed by atoms with Crippen LogP contribution in [0.5, 0.6) is 0 Å². The van der Waals surface area contributed by atoms with Gasteiger partial charge in [-0.15, -0.1) is 0 Å². The molecule has 18 heavy (non-hydrogen) atoms. The number of aryl methyl sites for hydroxylation is 1. The highest BCUT2D eigenvalue weighted by molar-refractivity contribution is 5.93. The number of fused-ring (bicyclic) bond motifs is 1. The number of amides is 1. The van der Waals surface area contributed by atoms with E-state index >= 15 is 0 Å². The van der Waals surface area contributed by atoms with Gasteiger partial charge in [0, 0.05) is 12.2 Å². The van der Waals surface area contributed by atoms with Crippen molar-refractivity contribution in [2.24, 2.45) is 11.7 Å². The van der Waals surface area contributed by atoms with E-state index in [1.54, 1.807) is 0 Å². The van der Waals surface area contributed by atoms with Crippen molar-refractivity contribution in [3.05, 3.63) is 29.3 Å². The SMILES string of the molecule is CCC(CN)C(=O)Nc1cccc2c1CCCC2. The lowest BCUT2D eigenvalue weighted by atomic mass is 9.90. The van der Waals surface area contributed by atoms with Crippen molar-refractivity contribution in [2.45, 2.75) is 39.0 Å². The molecule has 3 nitrogen and oxygen atoms in total. The highest BCUT2D eigenvalue weighted by Crippen LogP contribution is 2.28. The lowest BCUT2D eigenvalue weighted by Gasteiger charge is -2.21. The second-order valence-corrected chi connectivity index (χ2v) is 4.98. The minimum atomic E-state index is -0.0792. The Morgan fingerprint density at radius 3 is 2.89 bits per heavy atom. The fraction of sp³-hybridized carbons (Fsp3) is 0.533. The molecule has 0 aromatic heterocycles. The number of nitrogens with two attached hydrogens (primary N) is 1. The van der Waals surface area contributed by atoms with Crippen LogP contribution in [0.2, 0.25) is 0 Å². The number of carbonyl (C=O) groups excluding carboxylic acids is 1. The Kier molecular flexibility index (Phi) is 4.37. The molecule has 1 amide bonds. The highest BCUT2D eigenvalue weighted by Gasteiger charge is 2.18. The smallest absolute Gasteiger partial charge is 0.228 e. The third kappa shape index (κ3) is 2.72. The molecule has 3 heteroatoms. The molecule has 0 heterocycles. The van der Waals surface area contributed by atoms with Crippen LogP contribution < -0.4 is 11.1 Å². The van der Waals surface area contributed by atoms with Crippen molar-refractivity contribution >= 4 is 11.6 Å². The second kappa shape index (κ2) is 6.01. The molecule has 98 valence electrons. The molecule has 1 aliphatic rings. The van der Waals surface area contributed by atoms with Gasteiger partial charge in [-0.3, -0.25) is 4.79 Å². The van der Waals surface area contributed by atoms with Gasteiger partial charge in [0.2, 0.25) is 5.91 Å². The molecule has 0 saturated carbocycles. The van der Waals surface area contributed by atoms with Gasteiger partial charge in [0.05, 0.1) is 5.92 Å². The van der Waals surface area contributed by atoms with E-state index in [1.165, 1.54) is 24.0 Å². The quantitative estimate of drug-likeness (QED) is 0.857. The summed E-state index contributed by atoms with van der Waals surface area (Å²) in [6.07, 6.45) is 5.47. The lowest BCUT2D eigenvalue weighted by Crippen LogP contribution is -2.29. The molecule has 2 rings (SSSR count). The predicted molar refractivity (Wildman–Crippen MR) is 74.5 cm³/mol. The Balaban J connectivity index is 2.16. The first-order valence-corrected chi connectivity index (χ1v) is 6.88. The van der Waals surface area contributed by atoms with E-state index in [0.29, 0.717) is 6.54 Å². The van der Waals surface area contributed by atoms with E-state index < -0.39 is 0 Å². The number of hydrogen-bond acceptors (Lipinski definition) is 2. The topological polar surface area (TPSA) is 55.1 Å². The standard InChI is InChI=1S/C15H22N2O/c1-2-11(10-16)15(18)17-14-9-5-7-12-6-3-4-8-13(12)14/h5,7,9,11H,2-4,6,8,10,16H2,1H3,(H,17,18). The average Bonchev–Trinajstić information content (AvgIpc) is 2.40. The van der Waals surface area contributed by atoms with E-state index in [9.17, 15) is 4.79 Å². The van der Waals surface area contributed by atoms with Crippen molar-refractivity contribution < 1.29 is 4.79 Å². The monoisotopic (exact) mass is 246 g/mol. The van der Waals surface area contributed by atoms with Crippen molar-refractivity contribution in [1.82, 2.24) is 0 Å². The zero-order valence-electron chi connectivity index (χ0n) is 11.0. The molecule has 0 radical (unpaired) electrons. The van der Waals surface area contributed by atoms with Gasteiger partial charge in [-0.2, -0.15) is 0 Å². The van der Waals surface area contributed by atoms with Crippen molar-refractivity contribution in [2.75, 3.05) is 11.9 Å². The van der Waals surface area contributed by atoms with Crippen LogP contribution in [-0.4, -0.2) is 12.5 Å². The summed E-state index contributed by atoms with van der Waals surface area (Å²) >= 11 is 0. The lowest BCUT2D eigenvalue weighted by molar-refractivity contribution is -0.119. The third-order valence-electron chi connectivity index (χ3n) is 3.80. The third-order valence-corrected chi connectivity index (χ3v) is 3.80. The predicted octanol–water partition coefficient (Wildman–Crippen LogP) is 2.49. The number of carbonyl (C=O) groups is 1. The first-order valence-electron chi connectivity index (χ1n) is 6.88. The molecular formula is C15H22N2O. The van der Waals surface area contributed by atoms with Crippen LogP contribution in [0, 0.1) is 5.92 Å². The molecule has 0 spiro atoms. The minimum absolute atomic E-state index is 0.0546. The fourth-order valence-corrected chi connectivity index (χ4v) is 2.59. The van der Waals surface area contributed by atoms with Crippen LogP contribution in [-0.2, 0) is 17.6 Å². The van der Waals surface area contributed by atoms with E-state index in [-0.39, 0.29) is 11.8 Å². The Hall–Kier alpha value is -1.35. The van der Waals surface area contributed by atoms with Crippen molar-refractivity contribution in [1.29, 1.82) is 0 Å². The highest BCUT2D eigenvalue weighted by atomic mass is 16.1. The maximum atomic E-state index is 12.1. The average molecular weight is 246 g/mol. The summed E-state index contributed by atoms with van der Waals surface area (Å²) in [6.45, 7) is 2.41. The van der Waals surface area contributed by atoms with Crippen LogP contribution in [0.3, 0.4) is 0 Å². The number of hydrogen-bond donors (Lipinski definition) is 2. The first-order chi connectivity index (χ1) is 8.76. The molecule has 1 aliphatic carbocycles. The maximum Gasteiger partial charge on any atom is 0.228 e. The van der Waals surface area contributed by atoms with E-state index in [0.717, 1.165) is 24.9 Å². The molecule has 3 N–H and O–H groups in total. The Morgan fingerprint density at radius 1 is 1.39 bits per heavy atom. The van der Waals surface area contributed by atoms with Crippen molar-refractivity contribution in [3.8, 4) is 0 Å². The molecule has 1 atom stereocenters. The van der Waals surface area contributed by atoms with Gasteiger partial charge in [-0.1, -0.05) is 19.1 Å². The Morgan fingerprint density at radius 2 is 2.17 bits per heavy atom. The number of benzene rings is 1. The maximum absolute atomic E-state index is 12.1. The molecular weight excluding hydrogens is 224 g/mol. The molecule has 0 fully saturated rings. The van der Waals surface area contributed by atoms with Gasteiger partial charge >= 0.3 is 0 Å². The summed E-state index contributed by atoms with van der Waals surface area (Å²) in [5.41, 5.74) is 9.32. The largest absolute Gasteiger partial charge is 0.330 e. The van der Waals surface area contributed by atoms with Gasteiger partial charge in [0.1, 0.15) is 0 Å². The summed E-state index contributed by atoms with van der Waals surface area (Å²) in [7, 11) is 0. The van der Waals surface area contributed by atoms with Crippen LogP contribution in [0.4, 0.5) is 5.69 Å². The summed E-state index contributed by atoms with van der Waals surface area (Å²) < 4.78 is 0. The summed E-state index contributed by atoms with van der Waals surface area (Å²) in [5, 5.41) is 3.05. The van der Waals surface area contributed by atoms with Gasteiger partial charge in [0.25, 0.3) is 0 Å². The van der Waals surface area contributed by atoms with Gasteiger partial charge in [0.15, 0.2) is 0 Å². The Bertz CT molecular complexity index is 425. The zero-order chi connectivity index (χ0) is 13.0. The van der Waals surface area contributed by atoms with Gasteiger partial charge in [-0.05, 0) is 49.3 Å². The van der Waals surface area contributed by atoms with Crippen LogP contribution >= 0.6 is 0 Å². The summed E-state index contributed by atoms with van der Waals surface area (Å²) in [6, 6.07) is 6.21. The minimum Gasteiger partial charge on any atom is -0.330 e. The number of rotatable bonds is 4. The molecule has 1 unspecified atom stereocenters. The first kappa shape index (κ1) is 13.1. The number of nitrogens with one attached hydrogen (secondary N) is 1. The normalized spacial score (nSPS) is 15.9. The van der Waals surface area contributed by atoms with E-state index in [1.807, 2.05) is 19.1 Å². The molecule has 0 aliphatic heterocycles. The summed E-state index contributed by atoms with van der Waals surface area (Å²) in [5.74, 6) is -0.0246. The number of anilines is 1. The Labute approximate surface area is 109 Å². The molecule has 0 bridgehead atoms. The summed E-state index contributed by atoms with van der Waals surface area (Å²) in [4.78, 5) is 12.1.